The van der Waals surface area contributed by atoms with Crippen LogP contribution in [0.2, 0.25) is 0 Å². The van der Waals surface area contributed by atoms with Crippen LogP contribution in [-0.2, 0) is 4.74 Å². The highest BCUT2D eigenvalue weighted by molar-refractivity contribution is 5.95. The fourth-order valence-electron chi connectivity index (χ4n) is 2.65. The van der Waals surface area contributed by atoms with Gasteiger partial charge in [-0.1, -0.05) is 19.9 Å². The van der Waals surface area contributed by atoms with Crippen LogP contribution in [0.15, 0.2) is 18.2 Å². The summed E-state index contributed by atoms with van der Waals surface area (Å²) in [6.07, 6.45) is -0.382. The summed E-state index contributed by atoms with van der Waals surface area (Å²) in [5.41, 5.74) is 0.471. The number of rotatable bonds is 2. The number of amides is 2. The highest BCUT2D eigenvalue weighted by Crippen LogP contribution is 2.20. The molecule has 0 atom stereocenters. The van der Waals surface area contributed by atoms with Crippen LogP contribution in [0.5, 0.6) is 0 Å². The second kappa shape index (κ2) is 7.42. The van der Waals surface area contributed by atoms with Gasteiger partial charge in [-0.05, 0) is 44.4 Å². The molecule has 25 heavy (non-hydrogen) atoms. The number of halogens is 1. The topological polar surface area (TPSA) is 49.9 Å². The second-order valence-electron chi connectivity index (χ2n) is 7.65. The van der Waals surface area contributed by atoms with Crippen molar-refractivity contribution in [1.82, 2.24) is 9.80 Å². The van der Waals surface area contributed by atoms with E-state index in [9.17, 15) is 14.0 Å². The van der Waals surface area contributed by atoms with Crippen molar-refractivity contribution in [2.24, 2.45) is 0 Å². The number of hydrogen-bond acceptors (Lipinski definition) is 3. The van der Waals surface area contributed by atoms with Crippen molar-refractivity contribution in [3.05, 3.63) is 35.1 Å². The molecule has 0 radical (unpaired) electrons. The van der Waals surface area contributed by atoms with Gasteiger partial charge in [0.05, 0.1) is 5.56 Å². The SMILES string of the molecule is CC(C)c1ccc(F)c(C(=O)N2CCN(C(=O)OC(C)(C)C)CC2)c1. The van der Waals surface area contributed by atoms with E-state index >= 15 is 0 Å². The van der Waals surface area contributed by atoms with Crippen LogP contribution in [0.25, 0.3) is 0 Å². The Balaban J connectivity index is 2.02. The van der Waals surface area contributed by atoms with Crippen LogP contribution in [0.3, 0.4) is 0 Å². The zero-order chi connectivity index (χ0) is 18.8. The molecule has 1 aromatic rings. The first-order chi connectivity index (χ1) is 11.6. The maximum atomic E-state index is 14.1. The molecule has 1 aliphatic heterocycles. The summed E-state index contributed by atoms with van der Waals surface area (Å²) >= 11 is 0. The van der Waals surface area contributed by atoms with Crippen LogP contribution in [0, 0.1) is 5.82 Å². The highest BCUT2D eigenvalue weighted by Gasteiger charge is 2.29. The third-order valence-electron chi connectivity index (χ3n) is 4.11. The molecule has 6 heteroatoms. The van der Waals surface area contributed by atoms with Crippen LogP contribution in [0.4, 0.5) is 9.18 Å². The van der Waals surface area contributed by atoms with E-state index in [1.54, 1.807) is 21.9 Å². The Labute approximate surface area is 148 Å². The number of nitrogens with zero attached hydrogens (tertiary/aromatic N) is 2. The van der Waals surface area contributed by atoms with Crippen molar-refractivity contribution in [3.63, 3.8) is 0 Å². The van der Waals surface area contributed by atoms with Gasteiger partial charge in [0.2, 0.25) is 0 Å². The number of hydrogen-bond donors (Lipinski definition) is 0. The minimum absolute atomic E-state index is 0.0944. The number of ether oxygens (including phenoxy) is 1. The van der Waals surface area contributed by atoms with Gasteiger partial charge >= 0.3 is 6.09 Å². The minimum atomic E-state index is -0.551. The molecule has 0 aromatic heterocycles. The van der Waals surface area contributed by atoms with Crippen LogP contribution < -0.4 is 0 Å². The van der Waals surface area contributed by atoms with Crippen LogP contribution in [-0.4, -0.2) is 53.6 Å². The van der Waals surface area contributed by atoms with E-state index in [1.165, 1.54) is 6.07 Å². The molecular weight excluding hydrogens is 323 g/mol. The van der Waals surface area contributed by atoms with Crippen molar-refractivity contribution in [2.45, 2.75) is 46.1 Å². The normalized spacial score (nSPS) is 15.5. The number of carbonyl (C=O) groups is 2. The summed E-state index contributed by atoms with van der Waals surface area (Å²) in [5.74, 6) is -0.621. The van der Waals surface area contributed by atoms with Gasteiger partial charge in [-0.25, -0.2) is 9.18 Å². The first-order valence-electron chi connectivity index (χ1n) is 8.65. The molecule has 5 nitrogen and oxygen atoms in total. The monoisotopic (exact) mass is 350 g/mol. The summed E-state index contributed by atoms with van der Waals surface area (Å²) < 4.78 is 19.4. The summed E-state index contributed by atoms with van der Waals surface area (Å²) in [4.78, 5) is 27.9. The molecule has 2 rings (SSSR count). The van der Waals surface area contributed by atoms with Gasteiger partial charge in [-0.3, -0.25) is 4.79 Å². The fourth-order valence-corrected chi connectivity index (χ4v) is 2.65. The Morgan fingerprint density at radius 2 is 1.64 bits per heavy atom. The summed E-state index contributed by atoms with van der Waals surface area (Å²) in [6.45, 7) is 10.9. The lowest BCUT2D eigenvalue weighted by Gasteiger charge is -2.35. The molecule has 0 unspecified atom stereocenters. The molecule has 0 spiro atoms. The van der Waals surface area contributed by atoms with Crippen LogP contribution >= 0.6 is 0 Å². The molecule has 1 heterocycles. The van der Waals surface area contributed by atoms with E-state index in [1.807, 2.05) is 34.6 Å². The molecule has 2 amide bonds. The molecule has 0 saturated carbocycles. The van der Waals surface area contributed by atoms with E-state index in [2.05, 4.69) is 0 Å². The van der Waals surface area contributed by atoms with E-state index in [0.717, 1.165) is 5.56 Å². The maximum absolute atomic E-state index is 14.1. The third kappa shape index (κ3) is 4.94. The summed E-state index contributed by atoms with van der Waals surface area (Å²) in [6, 6.07) is 4.68. The van der Waals surface area contributed by atoms with Gasteiger partial charge in [-0.15, -0.1) is 0 Å². The zero-order valence-electron chi connectivity index (χ0n) is 15.6. The predicted octanol–water partition coefficient (Wildman–Crippen LogP) is 3.64. The first-order valence-corrected chi connectivity index (χ1v) is 8.65. The molecule has 1 fully saturated rings. The van der Waals surface area contributed by atoms with E-state index < -0.39 is 11.4 Å². The predicted molar refractivity (Wildman–Crippen MR) is 94.2 cm³/mol. The molecular formula is C19H27FN2O3. The smallest absolute Gasteiger partial charge is 0.410 e. The molecule has 0 aliphatic carbocycles. The lowest BCUT2D eigenvalue weighted by molar-refractivity contribution is 0.0140. The quantitative estimate of drug-likeness (QED) is 0.818. The first kappa shape index (κ1) is 19.2. The van der Waals surface area contributed by atoms with Crippen molar-refractivity contribution < 1.29 is 18.7 Å². The highest BCUT2D eigenvalue weighted by atomic mass is 19.1. The molecule has 0 N–H and O–H groups in total. The number of carbonyl (C=O) groups excluding carboxylic acids is 2. The average molecular weight is 350 g/mol. The standard InChI is InChI=1S/C19H27FN2O3/c1-13(2)14-6-7-16(20)15(12-14)17(23)21-8-10-22(11-9-21)18(24)25-19(3,4)5/h6-7,12-13H,8-11H2,1-5H3. The lowest BCUT2D eigenvalue weighted by atomic mass is 10.00. The summed E-state index contributed by atoms with van der Waals surface area (Å²) in [5, 5.41) is 0. The molecule has 1 aliphatic rings. The van der Waals surface area contributed by atoms with Gasteiger partial charge in [0.15, 0.2) is 0 Å². The Bertz CT molecular complexity index is 645. The molecule has 1 aromatic carbocycles. The number of piperazine rings is 1. The van der Waals surface area contributed by atoms with Gasteiger partial charge in [0.25, 0.3) is 5.91 Å². The van der Waals surface area contributed by atoms with Crippen molar-refractivity contribution in [2.75, 3.05) is 26.2 Å². The number of benzene rings is 1. The summed E-state index contributed by atoms with van der Waals surface area (Å²) in [7, 11) is 0. The van der Waals surface area contributed by atoms with E-state index in [0.29, 0.717) is 26.2 Å². The molecule has 1 saturated heterocycles. The third-order valence-corrected chi connectivity index (χ3v) is 4.11. The van der Waals surface area contributed by atoms with Gasteiger partial charge in [0, 0.05) is 26.2 Å². The Morgan fingerprint density at radius 1 is 1.08 bits per heavy atom. The fraction of sp³-hybridized carbons (Fsp3) is 0.579. The van der Waals surface area contributed by atoms with Crippen LogP contribution in [0.1, 0.15) is 56.5 Å². The van der Waals surface area contributed by atoms with Crippen molar-refractivity contribution in [1.29, 1.82) is 0 Å². The molecule has 0 bridgehead atoms. The zero-order valence-corrected chi connectivity index (χ0v) is 15.6. The lowest BCUT2D eigenvalue weighted by Crippen LogP contribution is -2.51. The van der Waals surface area contributed by atoms with Gasteiger partial charge < -0.3 is 14.5 Å². The molecule has 138 valence electrons. The van der Waals surface area contributed by atoms with Crippen molar-refractivity contribution in [3.8, 4) is 0 Å². The minimum Gasteiger partial charge on any atom is -0.444 e. The Hall–Kier alpha value is -2.11. The Kier molecular flexibility index (Phi) is 5.70. The second-order valence-corrected chi connectivity index (χ2v) is 7.65. The Morgan fingerprint density at radius 3 is 2.16 bits per heavy atom. The van der Waals surface area contributed by atoms with E-state index in [-0.39, 0.29) is 23.5 Å². The van der Waals surface area contributed by atoms with Crippen molar-refractivity contribution >= 4 is 12.0 Å². The van der Waals surface area contributed by atoms with E-state index in [4.69, 9.17) is 4.74 Å². The average Bonchev–Trinajstić information content (AvgIpc) is 2.53. The van der Waals surface area contributed by atoms with Gasteiger partial charge in [-0.2, -0.15) is 0 Å². The largest absolute Gasteiger partial charge is 0.444 e. The maximum Gasteiger partial charge on any atom is 0.410 e. The van der Waals surface area contributed by atoms with Gasteiger partial charge in [0.1, 0.15) is 11.4 Å².